The fourth-order valence-corrected chi connectivity index (χ4v) is 3.35. The lowest BCUT2D eigenvalue weighted by atomic mass is 9.82. The van der Waals surface area contributed by atoms with Gasteiger partial charge >= 0.3 is 0 Å². The Labute approximate surface area is 111 Å². The van der Waals surface area contributed by atoms with E-state index in [2.05, 4.69) is 23.9 Å². The molecule has 0 radical (unpaired) electrons. The highest BCUT2D eigenvalue weighted by Crippen LogP contribution is 2.31. The van der Waals surface area contributed by atoms with Crippen LogP contribution in [0.5, 0.6) is 0 Å². The summed E-state index contributed by atoms with van der Waals surface area (Å²) in [5.74, 6) is 1.13. The van der Waals surface area contributed by atoms with Crippen molar-refractivity contribution >= 4 is 22.9 Å². The first-order valence-corrected chi connectivity index (χ1v) is 7.40. The van der Waals surface area contributed by atoms with E-state index in [-0.39, 0.29) is 6.10 Å². The minimum absolute atomic E-state index is 0.0635. The van der Waals surface area contributed by atoms with Gasteiger partial charge in [0.05, 0.1) is 23.7 Å². The fourth-order valence-electron chi connectivity index (χ4n) is 2.18. The fraction of sp³-hybridized carbons (Fsp3) is 0.750. The van der Waals surface area contributed by atoms with Crippen LogP contribution in [0.2, 0.25) is 0 Å². The van der Waals surface area contributed by atoms with E-state index in [1.807, 2.05) is 5.38 Å². The number of rotatable bonds is 5. The zero-order valence-corrected chi connectivity index (χ0v) is 11.8. The van der Waals surface area contributed by atoms with Crippen LogP contribution < -0.4 is 0 Å². The first kappa shape index (κ1) is 13.3. The highest BCUT2D eigenvalue weighted by molar-refractivity contribution is 7.09. The first-order chi connectivity index (χ1) is 8.10. The Morgan fingerprint density at radius 3 is 2.88 bits per heavy atom. The molecule has 0 aromatic carbocycles. The van der Waals surface area contributed by atoms with Crippen molar-refractivity contribution in [3.8, 4) is 0 Å². The van der Waals surface area contributed by atoms with Gasteiger partial charge in [0.1, 0.15) is 5.01 Å². The van der Waals surface area contributed by atoms with Crippen molar-refractivity contribution in [2.24, 2.45) is 5.92 Å². The van der Waals surface area contributed by atoms with Crippen molar-refractivity contribution in [1.29, 1.82) is 0 Å². The summed E-state index contributed by atoms with van der Waals surface area (Å²) < 4.78 is 0. The molecule has 1 aromatic rings. The van der Waals surface area contributed by atoms with Crippen LogP contribution in [-0.2, 0) is 5.88 Å². The predicted molar refractivity (Wildman–Crippen MR) is 71.4 cm³/mol. The monoisotopic (exact) mass is 274 g/mol. The van der Waals surface area contributed by atoms with Gasteiger partial charge in [0, 0.05) is 11.9 Å². The third kappa shape index (κ3) is 3.19. The van der Waals surface area contributed by atoms with Crippen LogP contribution in [0.3, 0.4) is 0 Å². The van der Waals surface area contributed by atoms with Crippen LogP contribution in [0.1, 0.15) is 36.5 Å². The van der Waals surface area contributed by atoms with Gasteiger partial charge in [0.15, 0.2) is 0 Å². The van der Waals surface area contributed by atoms with Gasteiger partial charge in [0.25, 0.3) is 0 Å². The second kappa shape index (κ2) is 5.65. The summed E-state index contributed by atoms with van der Waals surface area (Å²) in [6.45, 7) is 3.21. The number of aromatic nitrogens is 1. The Morgan fingerprint density at radius 1 is 1.65 bits per heavy atom. The summed E-state index contributed by atoms with van der Waals surface area (Å²) in [7, 11) is 2.12. The summed E-state index contributed by atoms with van der Waals surface area (Å²) in [6.07, 6.45) is 1.83. The van der Waals surface area contributed by atoms with Gasteiger partial charge in [-0.1, -0.05) is 0 Å². The predicted octanol–water partition coefficient (Wildman–Crippen LogP) is 2.65. The molecule has 0 bridgehead atoms. The molecule has 1 aliphatic carbocycles. The van der Waals surface area contributed by atoms with Crippen molar-refractivity contribution < 1.29 is 5.11 Å². The molecule has 2 rings (SSSR count). The highest BCUT2D eigenvalue weighted by atomic mass is 35.5. The molecule has 1 saturated carbocycles. The number of alkyl halides is 1. The Morgan fingerprint density at radius 2 is 2.35 bits per heavy atom. The van der Waals surface area contributed by atoms with Crippen LogP contribution >= 0.6 is 22.9 Å². The minimum atomic E-state index is -0.0635. The molecule has 1 atom stereocenters. The van der Waals surface area contributed by atoms with E-state index in [1.54, 1.807) is 11.3 Å². The molecule has 1 unspecified atom stereocenters. The van der Waals surface area contributed by atoms with Gasteiger partial charge in [-0.3, -0.25) is 4.90 Å². The van der Waals surface area contributed by atoms with E-state index in [4.69, 9.17) is 11.6 Å². The lowest BCUT2D eigenvalue weighted by Crippen LogP contribution is -2.38. The smallest absolute Gasteiger partial charge is 0.110 e. The van der Waals surface area contributed by atoms with Crippen LogP contribution in [0.15, 0.2) is 5.38 Å². The molecule has 3 nitrogen and oxygen atoms in total. The van der Waals surface area contributed by atoms with E-state index in [9.17, 15) is 5.11 Å². The maximum atomic E-state index is 9.28. The summed E-state index contributed by atoms with van der Waals surface area (Å²) in [5, 5.41) is 12.4. The van der Waals surface area contributed by atoms with Gasteiger partial charge in [-0.15, -0.1) is 22.9 Å². The normalized spacial score (nSPS) is 25.9. The second-order valence-corrected chi connectivity index (χ2v) is 6.07. The molecule has 0 amide bonds. The topological polar surface area (TPSA) is 36.4 Å². The maximum absolute atomic E-state index is 9.28. The largest absolute Gasteiger partial charge is 0.393 e. The summed E-state index contributed by atoms with van der Waals surface area (Å²) >= 11 is 7.44. The number of nitrogens with zero attached hydrogens (tertiary/aromatic N) is 2. The van der Waals surface area contributed by atoms with Crippen LogP contribution in [0.4, 0.5) is 0 Å². The van der Waals surface area contributed by atoms with Crippen LogP contribution in [0.25, 0.3) is 0 Å². The second-order valence-electron chi connectivity index (χ2n) is 4.92. The summed E-state index contributed by atoms with van der Waals surface area (Å²) in [6, 6.07) is 0.328. The Kier molecular flexibility index (Phi) is 4.42. The SMILES string of the molecule is CC(c1nc(CCl)cs1)N(C)CC1CC(O)C1. The number of hydrogen-bond donors (Lipinski definition) is 1. The number of hydrogen-bond acceptors (Lipinski definition) is 4. The van der Waals surface area contributed by atoms with Crippen molar-refractivity contribution in [2.75, 3.05) is 13.6 Å². The molecule has 0 saturated heterocycles. The van der Waals surface area contributed by atoms with Gasteiger partial charge in [0.2, 0.25) is 0 Å². The highest BCUT2D eigenvalue weighted by Gasteiger charge is 2.29. The molecular formula is C12H19ClN2OS. The molecule has 5 heteroatoms. The van der Waals surface area contributed by atoms with Gasteiger partial charge in [-0.05, 0) is 32.7 Å². The quantitative estimate of drug-likeness (QED) is 0.839. The van der Waals surface area contributed by atoms with Crippen molar-refractivity contribution in [1.82, 2.24) is 9.88 Å². The molecule has 1 aliphatic rings. The molecule has 0 spiro atoms. The Balaban J connectivity index is 1.87. The Bertz CT molecular complexity index is 365. The third-order valence-electron chi connectivity index (χ3n) is 3.48. The van der Waals surface area contributed by atoms with Crippen molar-refractivity contribution in [3.63, 3.8) is 0 Å². The molecule has 1 fully saturated rings. The molecule has 96 valence electrons. The van der Waals surface area contributed by atoms with Gasteiger partial charge in [-0.2, -0.15) is 0 Å². The average Bonchev–Trinajstić information content (AvgIpc) is 2.74. The molecule has 1 heterocycles. The van der Waals surface area contributed by atoms with Crippen LogP contribution in [0, 0.1) is 5.92 Å². The third-order valence-corrected chi connectivity index (χ3v) is 4.82. The van der Waals surface area contributed by atoms with Gasteiger partial charge < -0.3 is 5.11 Å². The van der Waals surface area contributed by atoms with Crippen molar-refractivity contribution in [3.05, 3.63) is 16.1 Å². The molecule has 1 N–H and O–H groups in total. The van der Waals surface area contributed by atoms with E-state index in [0.29, 0.717) is 17.8 Å². The zero-order chi connectivity index (χ0) is 12.4. The number of halogens is 1. The first-order valence-electron chi connectivity index (χ1n) is 5.98. The zero-order valence-electron chi connectivity index (χ0n) is 10.3. The molecule has 0 aliphatic heterocycles. The number of aliphatic hydroxyl groups excluding tert-OH is 1. The van der Waals surface area contributed by atoms with E-state index in [0.717, 1.165) is 30.1 Å². The Hall–Kier alpha value is -0.160. The molecular weight excluding hydrogens is 256 g/mol. The number of aliphatic hydroxyl groups is 1. The van der Waals surface area contributed by atoms with Crippen LogP contribution in [-0.4, -0.2) is 34.7 Å². The summed E-state index contributed by atoms with van der Waals surface area (Å²) in [4.78, 5) is 6.82. The number of thiazole rings is 1. The van der Waals surface area contributed by atoms with E-state index in [1.165, 1.54) is 0 Å². The minimum Gasteiger partial charge on any atom is -0.393 e. The summed E-state index contributed by atoms with van der Waals surface area (Å²) in [5.41, 5.74) is 0.964. The lowest BCUT2D eigenvalue weighted by Gasteiger charge is -2.36. The van der Waals surface area contributed by atoms with Gasteiger partial charge in [-0.25, -0.2) is 4.98 Å². The van der Waals surface area contributed by atoms with Crippen molar-refractivity contribution in [2.45, 2.75) is 37.8 Å². The standard InChI is InChI=1S/C12H19ClN2OS/c1-8(12-14-10(5-13)7-17-12)15(2)6-9-3-11(16)4-9/h7-9,11,16H,3-6H2,1-2H3. The van der Waals surface area contributed by atoms with E-state index < -0.39 is 0 Å². The maximum Gasteiger partial charge on any atom is 0.110 e. The van der Waals surface area contributed by atoms with E-state index >= 15 is 0 Å². The lowest BCUT2D eigenvalue weighted by molar-refractivity contribution is 0.0230. The molecule has 17 heavy (non-hydrogen) atoms. The average molecular weight is 275 g/mol. The molecule has 1 aromatic heterocycles.